The molecular weight excluding hydrogens is 162 g/mol. The van der Waals surface area contributed by atoms with Crippen molar-refractivity contribution < 1.29 is 5.11 Å². The van der Waals surface area contributed by atoms with Crippen molar-refractivity contribution in [1.82, 2.24) is 4.90 Å². The molecule has 0 bridgehead atoms. The average Bonchev–Trinajstić information content (AvgIpc) is 2.13. The minimum atomic E-state index is -0.455. The third-order valence-electron chi connectivity index (χ3n) is 3.55. The molecule has 0 amide bonds. The van der Waals surface area contributed by atoms with E-state index in [9.17, 15) is 5.11 Å². The third-order valence-corrected chi connectivity index (χ3v) is 3.55. The highest BCUT2D eigenvalue weighted by Crippen LogP contribution is 2.28. The first-order valence-corrected chi connectivity index (χ1v) is 5.40. The maximum Gasteiger partial charge on any atom is 0.0657 e. The van der Waals surface area contributed by atoms with Crippen molar-refractivity contribution in [3.05, 3.63) is 0 Å². The Morgan fingerprint density at radius 2 is 2.00 bits per heavy atom. The summed E-state index contributed by atoms with van der Waals surface area (Å²) in [6, 6.07) is 0.612. The summed E-state index contributed by atoms with van der Waals surface area (Å²) in [5.74, 6) is 0.427. The van der Waals surface area contributed by atoms with Gasteiger partial charge < -0.3 is 10.0 Å². The SMILES string of the molecule is CC(C)N1CC[C@@H](C)[C@](C)(O)CC1. The summed E-state index contributed by atoms with van der Waals surface area (Å²) in [7, 11) is 0. The van der Waals surface area contributed by atoms with Gasteiger partial charge in [0.05, 0.1) is 5.60 Å². The maximum absolute atomic E-state index is 10.1. The van der Waals surface area contributed by atoms with E-state index in [0.29, 0.717) is 12.0 Å². The van der Waals surface area contributed by atoms with Crippen molar-refractivity contribution >= 4 is 0 Å². The van der Waals surface area contributed by atoms with Crippen LogP contribution >= 0.6 is 0 Å². The van der Waals surface area contributed by atoms with Crippen LogP contribution in [0.5, 0.6) is 0 Å². The molecule has 2 nitrogen and oxygen atoms in total. The van der Waals surface area contributed by atoms with Gasteiger partial charge in [-0.1, -0.05) is 6.92 Å². The lowest BCUT2D eigenvalue weighted by Gasteiger charge is -2.27. The molecule has 0 aromatic carbocycles. The van der Waals surface area contributed by atoms with Gasteiger partial charge in [0.1, 0.15) is 0 Å². The van der Waals surface area contributed by atoms with Crippen LogP contribution in [-0.4, -0.2) is 34.7 Å². The average molecular weight is 185 g/mol. The molecule has 1 aliphatic rings. The summed E-state index contributed by atoms with van der Waals surface area (Å²) < 4.78 is 0. The molecule has 0 aliphatic carbocycles. The predicted molar refractivity (Wildman–Crippen MR) is 55.7 cm³/mol. The largest absolute Gasteiger partial charge is 0.390 e. The van der Waals surface area contributed by atoms with Gasteiger partial charge in [-0.25, -0.2) is 0 Å². The molecule has 2 atom stereocenters. The van der Waals surface area contributed by atoms with Gasteiger partial charge in [-0.3, -0.25) is 0 Å². The highest BCUT2D eigenvalue weighted by Gasteiger charge is 2.32. The highest BCUT2D eigenvalue weighted by atomic mass is 16.3. The number of nitrogens with zero attached hydrogens (tertiary/aromatic N) is 1. The minimum Gasteiger partial charge on any atom is -0.390 e. The van der Waals surface area contributed by atoms with Gasteiger partial charge in [0.25, 0.3) is 0 Å². The van der Waals surface area contributed by atoms with Crippen molar-refractivity contribution in [2.24, 2.45) is 5.92 Å². The summed E-state index contributed by atoms with van der Waals surface area (Å²) >= 11 is 0. The topological polar surface area (TPSA) is 23.5 Å². The van der Waals surface area contributed by atoms with Crippen molar-refractivity contribution in [1.29, 1.82) is 0 Å². The van der Waals surface area contributed by atoms with Crippen LogP contribution in [0, 0.1) is 5.92 Å². The van der Waals surface area contributed by atoms with Crippen molar-refractivity contribution in [3.8, 4) is 0 Å². The van der Waals surface area contributed by atoms with Crippen LogP contribution in [-0.2, 0) is 0 Å². The molecule has 2 heteroatoms. The number of likely N-dealkylation sites (tertiary alicyclic amines) is 1. The molecule has 1 N–H and O–H groups in total. The number of rotatable bonds is 1. The molecule has 0 saturated carbocycles. The van der Waals surface area contributed by atoms with E-state index in [0.717, 1.165) is 25.9 Å². The van der Waals surface area contributed by atoms with E-state index >= 15 is 0 Å². The standard InChI is InChI=1S/C11H23NO/c1-9(2)12-7-5-10(3)11(4,13)6-8-12/h9-10,13H,5-8H2,1-4H3/t10-,11-/m1/s1. The van der Waals surface area contributed by atoms with Gasteiger partial charge in [0, 0.05) is 12.6 Å². The molecular formula is C11H23NO. The maximum atomic E-state index is 10.1. The van der Waals surface area contributed by atoms with E-state index < -0.39 is 5.60 Å². The molecule has 1 saturated heterocycles. The van der Waals surface area contributed by atoms with Crippen molar-refractivity contribution in [3.63, 3.8) is 0 Å². The Balaban J connectivity index is 2.57. The van der Waals surface area contributed by atoms with Crippen LogP contribution in [0.1, 0.15) is 40.5 Å². The first-order valence-electron chi connectivity index (χ1n) is 5.40. The Kier molecular flexibility index (Phi) is 3.36. The number of aliphatic hydroxyl groups is 1. The predicted octanol–water partition coefficient (Wildman–Crippen LogP) is 1.88. The van der Waals surface area contributed by atoms with E-state index in [1.54, 1.807) is 0 Å². The summed E-state index contributed by atoms with van der Waals surface area (Å²) in [4.78, 5) is 2.46. The summed E-state index contributed by atoms with van der Waals surface area (Å²) in [5, 5.41) is 10.1. The van der Waals surface area contributed by atoms with Crippen LogP contribution < -0.4 is 0 Å². The van der Waals surface area contributed by atoms with Gasteiger partial charge in [-0.15, -0.1) is 0 Å². The Morgan fingerprint density at radius 1 is 1.38 bits per heavy atom. The molecule has 0 radical (unpaired) electrons. The smallest absolute Gasteiger partial charge is 0.0657 e. The second-order valence-electron chi connectivity index (χ2n) is 4.93. The van der Waals surface area contributed by atoms with E-state index in [1.165, 1.54) is 0 Å². The van der Waals surface area contributed by atoms with Crippen LogP contribution in [0.3, 0.4) is 0 Å². The Hall–Kier alpha value is -0.0800. The molecule has 0 unspecified atom stereocenters. The summed E-state index contributed by atoms with van der Waals surface area (Å²) in [5.41, 5.74) is -0.455. The first-order chi connectivity index (χ1) is 5.93. The zero-order chi connectivity index (χ0) is 10.1. The molecule has 1 heterocycles. The first kappa shape index (κ1) is 11.0. The molecule has 13 heavy (non-hydrogen) atoms. The molecule has 0 aromatic rings. The molecule has 0 aromatic heterocycles. The zero-order valence-electron chi connectivity index (χ0n) is 9.38. The van der Waals surface area contributed by atoms with E-state index in [2.05, 4.69) is 25.7 Å². The molecule has 0 spiro atoms. The normalized spacial score (nSPS) is 37.8. The minimum absolute atomic E-state index is 0.427. The lowest BCUT2D eigenvalue weighted by molar-refractivity contribution is 0.00221. The van der Waals surface area contributed by atoms with Gasteiger partial charge in [-0.05, 0) is 46.1 Å². The Morgan fingerprint density at radius 3 is 2.54 bits per heavy atom. The van der Waals surface area contributed by atoms with Crippen LogP contribution in [0.25, 0.3) is 0 Å². The summed E-state index contributed by atoms with van der Waals surface area (Å²) in [6.07, 6.45) is 2.03. The number of hydrogen-bond donors (Lipinski definition) is 1. The van der Waals surface area contributed by atoms with E-state index in [4.69, 9.17) is 0 Å². The van der Waals surface area contributed by atoms with Crippen molar-refractivity contribution in [2.45, 2.75) is 52.2 Å². The Labute approximate surface area is 81.9 Å². The van der Waals surface area contributed by atoms with E-state index in [1.807, 2.05) is 6.92 Å². The van der Waals surface area contributed by atoms with Crippen LogP contribution in [0.15, 0.2) is 0 Å². The summed E-state index contributed by atoms with van der Waals surface area (Å²) in [6.45, 7) is 10.8. The fourth-order valence-electron chi connectivity index (χ4n) is 1.91. The quantitative estimate of drug-likeness (QED) is 0.674. The zero-order valence-corrected chi connectivity index (χ0v) is 9.38. The van der Waals surface area contributed by atoms with Gasteiger partial charge in [0.15, 0.2) is 0 Å². The monoisotopic (exact) mass is 185 g/mol. The molecule has 1 fully saturated rings. The fourth-order valence-corrected chi connectivity index (χ4v) is 1.91. The van der Waals surface area contributed by atoms with Gasteiger partial charge in [-0.2, -0.15) is 0 Å². The lowest BCUT2D eigenvalue weighted by Crippen LogP contribution is -2.34. The molecule has 1 rings (SSSR count). The van der Waals surface area contributed by atoms with Crippen LogP contribution in [0.4, 0.5) is 0 Å². The third kappa shape index (κ3) is 2.68. The Bertz CT molecular complexity index is 165. The second-order valence-corrected chi connectivity index (χ2v) is 4.93. The fraction of sp³-hybridized carbons (Fsp3) is 1.00. The van der Waals surface area contributed by atoms with Crippen LogP contribution in [0.2, 0.25) is 0 Å². The van der Waals surface area contributed by atoms with Gasteiger partial charge in [0.2, 0.25) is 0 Å². The van der Waals surface area contributed by atoms with E-state index in [-0.39, 0.29) is 0 Å². The highest BCUT2D eigenvalue weighted by molar-refractivity contribution is 4.85. The van der Waals surface area contributed by atoms with Gasteiger partial charge >= 0.3 is 0 Å². The van der Waals surface area contributed by atoms with Crippen molar-refractivity contribution in [2.75, 3.05) is 13.1 Å². The second kappa shape index (κ2) is 3.97. The molecule has 1 aliphatic heterocycles. The number of hydrogen-bond acceptors (Lipinski definition) is 2. The lowest BCUT2D eigenvalue weighted by atomic mass is 9.87. The molecule has 78 valence electrons.